The summed E-state index contributed by atoms with van der Waals surface area (Å²) < 4.78 is 0. The molecule has 1 fully saturated rings. The van der Waals surface area contributed by atoms with E-state index in [2.05, 4.69) is 52.6 Å². The van der Waals surface area contributed by atoms with Crippen LogP contribution in [0, 0.1) is 12.8 Å². The molecule has 9 heteroatoms. The molecule has 9 nitrogen and oxygen atoms in total. The van der Waals surface area contributed by atoms with Gasteiger partial charge in [-0.15, -0.1) is 0 Å². The Morgan fingerprint density at radius 1 is 0.882 bits per heavy atom. The fourth-order valence-corrected chi connectivity index (χ4v) is 3.84. The van der Waals surface area contributed by atoms with Crippen molar-refractivity contribution >= 4 is 23.3 Å². The fourth-order valence-electron chi connectivity index (χ4n) is 3.84. The Morgan fingerprint density at radius 3 is 2.41 bits per heavy atom. The average molecular weight is 455 g/mol. The monoisotopic (exact) mass is 454 g/mol. The van der Waals surface area contributed by atoms with Gasteiger partial charge >= 0.3 is 0 Å². The summed E-state index contributed by atoms with van der Waals surface area (Å²) in [4.78, 5) is 24.6. The van der Waals surface area contributed by atoms with Gasteiger partial charge in [-0.3, -0.25) is 4.90 Å². The number of hydrogen-bond acceptors (Lipinski definition) is 9. The number of aromatic nitrogens is 5. The third kappa shape index (κ3) is 5.33. The highest BCUT2D eigenvalue weighted by Gasteiger charge is 2.25. The Kier molecular flexibility index (Phi) is 6.37. The minimum Gasteiger partial charge on any atom is -0.396 e. The fraction of sp³-hybridized carbons (Fsp3) is 0.240. The van der Waals surface area contributed by atoms with Crippen LogP contribution in [0.4, 0.5) is 23.3 Å². The van der Waals surface area contributed by atoms with Gasteiger partial charge in [0.1, 0.15) is 17.3 Å². The maximum absolute atomic E-state index is 9.16. The van der Waals surface area contributed by atoms with Crippen LogP contribution < -0.4 is 10.6 Å². The summed E-state index contributed by atoms with van der Waals surface area (Å²) in [6, 6.07) is 17.6. The largest absolute Gasteiger partial charge is 0.396 e. The van der Waals surface area contributed by atoms with Crippen molar-refractivity contribution in [3.8, 4) is 11.5 Å². The quantitative estimate of drug-likeness (QED) is 0.368. The predicted molar refractivity (Wildman–Crippen MR) is 131 cm³/mol. The summed E-state index contributed by atoms with van der Waals surface area (Å²) in [5.41, 5.74) is 3.78. The first-order chi connectivity index (χ1) is 16.6. The van der Waals surface area contributed by atoms with Crippen LogP contribution in [-0.2, 0) is 6.54 Å². The smallest absolute Gasteiger partial charge is 0.229 e. The van der Waals surface area contributed by atoms with Crippen LogP contribution in [0.2, 0.25) is 0 Å². The Bertz CT molecular complexity index is 1260. The minimum absolute atomic E-state index is 0.273. The maximum Gasteiger partial charge on any atom is 0.229 e. The Labute approximate surface area is 198 Å². The van der Waals surface area contributed by atoms with Gasteiger partial charge in [0.25, 0.3) is 0 Å². The van der Waals surface area contributed by atoms with E-state index < -0.39 is 0 Å². The highest BCUT2D eigenvalue weighted by molar-refractivity contribution is 5.59. The number of anilines is 4. The molecule has 0 atom stereocenters. The molecule has 1 aromatic carbocycles. The predicted octanol–water partition coefficient (Wildman–Crippen LogP) is 3.55. The summed E-state index contributed by atoms with van der Waals surface area (Å²) in [6.45, 7) is 5.02. The number of hydrogen-bond donors (Lipinski definition) is 3. The van der Waals surface area contributed by atoms with E-state index in [1.807, 2.05) is 37.3 Å². The summed E-state index contributed by atoms with van der Waals surface area (Å²) in [6.07, 6.45) is 3.39. The molecule has 3 N–H and O–H groups in total. The third-order valence-electron chi connectivity index (χ3n) is 5.59. The van der Waals surface area contributed by atoms with E-state index in [9.17, 15) is 0 Å². The van der Waals surface area contributed by atoms with Gasteiger partial charge in [-0.05, 0) is 48.9 Å². The molecule has 34 heavy (non-hydrogen) atoms. The Balaban J connectivity index is 1.22. The van der Waals surface area contributed by atoms with Gasteiger partial charge in [0.15, 0.2) is 5.82 Å². The van der Waals surface area contributed by atoms with E-state index in [1.165, 1.54) is 5.56 Å². The Morgan fingerprint density at radius 2 is 1.65 bits per heavy atom. The van der Waals surface area contributed by atoms with Crippen LogP contribution in [0.15, 0.2) is 67.0 Å². The lowest BCUT2D eigenvalue weighted by molar-refractivity contribution is 0.0479. The van der Waals surface area contributed by atoms with E-state index in [-0.39, 0.29) is 6.61 Å². The van der Waals surface area contributed by atoms with Crippen molar-refractivity contribution in [1.82, 2.24) is 29.8 Å². The summed E-state index contributed by atoms with van der Waals surface area (Å²) in [5.74, 6) is 2.70. The summed E-state index contributed by atoms with van der Waals surface area (Å²) in [7, 11) is 0. The second-order valence-electron chi connectivity index (χ2n) is 8.38. The molecule has 0 unspecified atom stereocenters. The second kappa shape index (κ2) is 9.90. The van der Waals surface area contributed by atoms with Crippen LogP contribution in [0.3, 0.4) is 0 Å². The lowest BCUT2D eigenvalue weighted by Crippen LogP contribution is -2.47. The zero-order valence-corrected chi connectivity index (χ0v) is 18.9. The van der Waals surface area contributed by atoms with Crippen molar-refractivity contribution in [1.29, 1.82) is 0 Å². The van der Waals surface area contributed by atoms with Gasteiger partial charge in [0, 0.05) is 55.9 Å². The molecular weight excluding hydrogens is 428 g/mol. The molecule has 4 aromatic rings. The van der Waals surface area contributed by atoms with Gasteiger partial charge < -0.3 is 15.7 Å². The van der Waals surface area contributed by atoms with Crippen molar-refractivity contribution in [2.75, 3.05) is 30.3 Å². The van der Waals surface area contributed by atoms with Crippen molar-refractivity contribution in [2.45, 2.75) is 13.5 Å². The molecular formula is C25H26N8O. The second-order valence-corrected chi connectivity index (χ2v) is 8.38. The van der Waals surface area contributed by atoms with E-state index in [0.717, 1.165) is 36.7 Å². The third-order valence-corrected chi connectivity index (χ3v) is 5.59. The zero-order chi connectivity index (χ0) is 23.3. The molecule has 172 valence electrons. The van der Waals surface area contributed by atoms with E-state index in [0.29, 0.717) is 29.3 Å². The first-order valence-corrected chi connectivity index (χ1v) is 11.2. The molecule has 0 aliphatic carbocycles. The van der Waals surface area contributed by atoms with Crippen LogP contribution in [0.25, 0.3) is 11.5 Å². The molecule has 1 aliphatic heterocycles. The standard InChI is InChI=1S/C25H26N8O/c1-17-3-2-4-21(28-17)24-26-11-9-22(31-24)30-23-10-12-27-25(32-23)29-20-7-5-18(6-8-20)13-33-14-19(15-33)16-34/h2-12,19,34H,13-16H2,1H3,(H2,26,27,29,30,31,32). The highest BCUT2D eigenvalue weighted by Crippen LogP contribution is 2.21. The minimum atomic E-state index is 0.273. The number of aliphatic hydroxyl groups is 1. The molecule has 0 bridgehead atoms. The van der Waals surface area contributed by atoms with Gasteiger partial charge in [-0.25, -0.2) is 19.9 Å². The van der Waals surface area contributed by atoms with E-state index in [1.54, 1.807) is 24.5 Å². The molecule has 0 saturated carbocycles. The number of pyridine rings is 1. The summed E-state index contributed by atoms with van der Waals surface area (Å²) >= 11 is 0. The van der Waals surface area contributed by atoms with Crippen LogP contribution in [-0.4, -0.2) is 54.6 Å². The lowest BCUT2D eigenvalue weighted by Gasteiger charge is -2.38. The van der Waals surface area contributed by atoms with Crippen LogP contribution in [0.5, 0.6) is 0 Å². The summed E-state index contributed by atoms with van der Waals surface area (Å²) in [5, 5.41) is 15.6. The number of aliphatic hydroxyl groups excluding tert-OH is 1. The van der Waals surface area contributed by atoms with Crippen molar-refractivity contribution in [3.63, 3.8) is 0 Å². The first kappa shape index (κ1) is 21.9. The molecule has 4 heterocycles. The zero-order valence-electron chi connectivity index (χ0n) is 18.9. The average Bonchev–Trinajstić information content (AvgIpc) is 2.83. The van der Waals surface area contributed by atoms with Gasteiger partial charge in [0.2, 0.25) is 5.95 Å². The number of benzene rings is 1. The van der Waals surface area contributed by atoms with Gasteiger partial charge in [-0.1, -0.05) is 18.2 Å². The normalized spacial score (nSPS) is 13.9. The number of rotatable bonds is 8. The van der Waals surface area contributed by atoms with Crippen LogP contribution >= 0.6 is 0 Å². The van der Waals surface area contributed by atoms with E-state index >= 15 is 0 Å². The highest BCUT2D eigenvalue weighted by atomic mass is 16.3. The molecule has 5 rings (SSSR count). The topological polar surface area (TPSA) is 112 Å². The van der Waals surface area contributed by atoms with Gasteiger partial charge in [-0.2, -0.15) is 4.98 Å². The van der Waals surface area contributed by atoms with Gasteiger partial charge in [0.05, 0.1) is 0 Å². The molecule has 0 radical (unpaired) electrons. The van der Waals surface area contributed by atoms with E-state index in [4.69, 9.17) is 5.11 Å². The van der Waals surface area contributed by atoms with Crippen molar-refractivity contribution < 1.29 is 5.11 Å². The molecule has 3 aromatic heterocycles. The SMILES string of the molecule is Cc1cccc(-c2nccc(Nc3ccnc(Nc4ccc(CN5CC(CO)C5)cc4)n3)n2)n1. The van der Waals surface area contributed by atoms with Crippen molar-refractivity contribution in [3.05, 3.63) is 78.2 Å². The molecule has 0 spiro atoms. The molecule has 0 amide bonds. The van der Waals surface area contributed by atoms with Crippen LogP contribution in [0.1, 0.15) is 11.3 Å². The number of nitrogens with zero attached hydrogens (tertiary/aromatic N) is 6. The number of likely N-dealkylation sites (tertiary alicyclic amines) is 1. The number of aryl methyl sites for hydroxylation is 1. The van der Waals surface area contributed by atoms with Crippen molar-refractivity contribution in [2.24, 2.45) is 5.92 Å². The Hall–Kier alpha value is -3.95. The first-order valence-electron chi connectivity index (χ1n) is 11.2. The molecule has 1 aliphatic rings. The number of nitrogens with one attached hydrogen (secondary N) is 2. The maximum atomic E-state index is 9.16. The lowest BCUT2D eigenvalue weighted by atomic mass is 10.0. The molecule has 1 saturated heterocycles.